The lowest BCUT2D eigenvalue weighted by Crippen LogP contribution is -2.26. The number of carbonyl (C=O) groups excluding carboxylic acids is 1. The Morgan fingerprint density at radius 3 is 2.41 bits per heavy atom. The first kappa shape index (κ1) is 22.0. The number of hydrogen-bond acceptors (Lipinski definition) is 6. The number of ether oxygens (including phenoxy) is 1. The summed E-state index contributed by atoms with van der Waals surface area (Å²) in [6, 6.07) is 19.1. The Morgan fingerprint density at radius 1 is 1.00 bits per heavy atom. The highest BCUT2D eigenvalue weighted by Gasteiger charge is 2.45. The zero-order valence-corrected chi connectivity index (χ0v) is 18.8. The standard InChI is InChI=1S/C23H21NO6S2/c1-30-19-12-6-5-8-16(19)14-24-23(25)18-11-7-13-20-22(18)21(15-31(20,26)27)32(28,29)17-9-3-2-4-10-17/h2-13,21H,14-15H2,1H3,(H,24,25). The third kappa shape index (κ3) is 3.89. The van der Waals surface area contributed by atoms with Crippen molar-refractivity contribution in [1.82, 2.24) is 5.32 Å². The predicted octanol–water partition coefficient (Wildman–Crippen LogP) is 2.93. The van der Waals surface area contributed by atoms with Crippen LogP contribution in [0.1, 0.15) is 26.7 Å². The van der Waals surface area contributed by atoms with E-state index in [1.807, 2.05) is 0 Å². The molecule has 0 aromatic heterocycles. The van der Waals surface area contributed by atoms with E-state index in [9.17, 15) is 21.6 Å². The largest absolute Gasteiger partial charge is 0.496 e. The summed E-state index contributed by atoms with van der Waals surface area (Å²) in [5.74, 6) is -0.563. The van der Waals surface area contributed by atoms with Gasteiger partial charge < -0.3 is 10.1 Å². The van der Waals surface area contributed by atoms with Crippen molar-refractivity contribution in [1.29, 1.82) is 0 Å². The molecule has 0 radical (unpaired) electrons. The first-order valence-corrected chi connectivity index (χ1v) is 13.0. The normalized spacial score (nSPS) is 16.8. The fraction of sp³-hybridized carbons (Fsp3) is 0.174. The Kier molecular flexibility index (Phi) is 5.79. The molecular weight excluding hydrogens is 450 g/mol. The number of sulfone groups is 2. The van der Waals surface area contributed by atoms with Crippen molar-refractivity contribution in [3.63, 3.8) is 0 Å². The van der Waals surface area contributed by atoms with E-state index in [1.54, 1.807) is 42.5 Å². The number of methoxy groups -OCH3 is 1. The molecule has 4 rings (SSSR count). The maximum absolute atomic E-state index is 13.3. The summed E-state index contributed by atoms with van der Waals surface area (Å²) in [6.45, 7) is 0.134. The second kappa shape index (κ2) is 8.40. The molecule has 166 valence electrons. The Morgan fingerprint density at radius 2 is 1.69 bits per heavy atom. The number of amides is 1. The fourth-order valence-electron chi connectivity index (χ4n) is 3.86. The van der Waals surface area contributed by atoms with Crippen molar-refractivity contribution in [2.45, 2.75) is 21.6 Å². The summed E-state index contributed by atoms with van der Waals surface area (Å²) in [7, 11) is -6.37. The molecular formula is C23H21NO6S2. The van der Waals surface area contributed by atoms with Gasteiger partial charge in [0.25, 0.3) is 5.91 Å². The molecule has 0 bridgehead atoms. The molecule has 1 aliphatic rings. The van der Waals surface area contributed by atoms with E-state index in [4.69, 9.17) is 4.74 Å². The molecule has 9 heteroatoms. The van der Waals surface area contributed by atoms with Gasteiger partial charge in [0.2, 0.25) is 0 Å². The zero-order chi connectivity index (χ0) is 22.9. The van der Waals surface area contributed by atoms with Crippen LogP contribution in [0.15, 0.2) is 82.6 Å². The van der Waals surface area contributed by atoms with Gasteiger partial charge in [-0.1, -0.05) is 42.5 Å². The van der Waals surface area contributed by atoms with Gasteiger partial charge in [0, 0.05) is 23.2 Å². The zero-order valence-electron chi connectivity index (χ0n) is 17.2. The van der Waals surface area contributed by atoms with E-state index in [-0.39, 0.29) is 27.5 Å². The van der Waals surface area contributed by atoms with Crippen LogP contribution < -0.4 is 10.1 Å². The van der Waals surface area contributed by atoms with Crippen LogP contribution in [0.5, 0.6) is 5.75 Å². The van der Waals surface area contributed by atoms with Gasteiger partial charge in [-0.3, -0.25) is 4.79 Å². The van der Waals surface area contributed by atoms with E-state index in [0.717, 1.165) is 5.56 Å². The minimum atomic E-state index is -4.04. The number of para-hydroxylation sites is 1. The molecule has 3 aromatic rings. The van der Waals surface area contributed by atoms with Gasteiger partial charge >= 0.3 is 0 Å². The van der Waals surface area contributed by atoms with E-state index in [1.165, 1.54) is 37.4 Å². The van der Waals surface area contributed by atoms with Gasteiger partial charge in [-0.2, -0.15) is 0 Å². The Hall–Kier alpha value is -3.17. The van der Waals surface area contributed by atoms with Crippen molar-refractivity contribution in [3.05, 3.63) is 89.5 Å². The molecule has 3 aromatic carbocycles. The maximum Gasteiger partial charge on any atom is 0.251 e. The molecule has 0 saturated heterocycles. The number of fused-ring (bicyclic) bond motifs is 1. The van der Waals surface area contributed by atoms with Crippen molar-refractivity contribution >= 4 is 25.6 Å². The van der Waals surface area contributed by atoms with Crippen LogP contribution in [0.25, 0.3) is 0 Å². The van der Waals surface area contributed by atoms with Gasteiger partial charge in [0.1, 0.15) is 11.0 Å². The lowest BCUT2D eigenvalue weighted by Gasteiger charge is -2.16. The Balaban J connectivity index is 1.73. The minimum Gasteiger partial charge on any atom is -0.496 e. The van der Waals surface area contributed by atoms with Gasteiger partial charge in [-0.05, 0) is 30.3 Å². The Labute approximate surface area is 186 Å². The quantitative estimate of drug-likeness (QED) is 0.592. The van der Waals surface area contributed by atoms with Crippen LogP contribution in [0.3, 0.4) is 0 Å². The van der Waals surface area contributed by atoms with Crippen LogP contribution in [0, 0.1) is 0 Å². The molecule has 1 amide bonds. The van der Waals surface area contributed by atoms with Crippen molar-refractivity contribution in [3.8, 4) is 5.75 Å². The number of hydrogen-bond donors (Lipinski definition) is 1. The molecule has 1 unspecified atom stereocenters. The summed E-state index contributed by atoms with van der Waals surface area (Å²) in [5, 5.41) is 1.39. The highest BCUT2D eigenvalue weighted by molar-refractivity contribution is 7.96. The number of benzene rings is 3. The molecule has 0 saturated carbocycles. The average molecular weight is 472 g/mol. The molecule has 1 N–H and O–H groups in total. The maximum atomic E-state index is 13.3. The van der Waals surface area contributed by atoms with Crippen molar-refractivity contribution in [2.24, 2.45) is 0 Å². The first-order valence-electron chi connectivity index (χ1n) is 9.80. The van der Waals surface area contributed by atoms with E-state index < -0.39 is 36.6 Å². The molecule has 1 heterocycles. The molecule has 0 fully saturated rings. The lowest BCUT2D eigenvalue weighted by molar-refractivity contribution is 0.0949. The van der Waals surface area contributed by atoms with Crippen LogP contribution in [-0.2, 0) is 26.2 Å². The van der Waals surface area contributed by atoms with Gasteiger partial charge in [-0.25, -0.2) is 16.8 Å². The van der Waals surface area contributed by atoms with Crippen LogP contribution in [0.4, 0.5) is 0 Å². The van der Waals surface area contributed by atoms with Crippen LogP contribution in [-0.4, -0.2) is 35.6 Å². The van der Waals surface area contributed by atoms with Gasteiger partial charge in [0.05, 0.1) is 22.7 Å². The van der Waals surface area contributed by atoms with Gasteiger partial charge in [0.15, 0.2) is 19.7 Å². The summed E-state index contributed by atoms with van der Waals surface area (Å²) in [4.78, 5) is 12.9. The SMILES string of the molecule is COc1ccccc1CNC(=O)c1cccc2c1C(S(=O)(=O)c1ccccc1)CS2(=O)=O. The smallest absolute Gasteiger partial charge is 0.251 e. The monoisotopic (exact) mass is 471 g/mol. The molecule has 0 spiro atoms. The van der Waals surface area contributed by atoms with Crippen molar-refractivity contribution in [2.75, 3.05) is 12.9 Å². The number of nitrogens with one attached hydrogen (secondary N) is 1. The second-order valence-electron chi connectivity index (χ2n) is 7.34. The predicted molar refractivity (Wildman–Crippen MR) is 119 cm³/mol. The molecule has 7 nitrogen and oxygen atoms in total. The third-order valence-corrected chi connectivity index (χ3v) is 9.51. The average Bonchev–Trinajstić information content (AvgIpc) is 3.10. The van der Waals surface area contributed by atoms with Crippen molar-refractivity contribution < 1.29 is 26.4 Å². The molecule has 1 aliphatic heterocycles. The fourth-order valence-corrected chi connectivity index (χ4v) is 8.23. The van der Waals surface area contributed by atoms with E-state index in [2.05, 4.69) is 5.32 Å². The lowest BCUT2D eigenvalue weighted by atomic mass is 10.0. The number of carbonyl (C=O) groups is 1. The second-order valence-corrected chi connectivity index (χ2v) is 11.5. The van der Waals surface area contributed by atoms with E-state index in [0.29, 0.717) is 5.75 Å². The van der Waals surface area contributed by atoms with E-state index >= 15 is 0 Å². The Bertz CT molecular complexity index is 1380. The van der Waals surface area contributed by atoms with Gasteiger partial charge in [-0.15, -0.1) is 0 Å². The number of rotatable bonds is 6. The van der Waals surface area contributed by atoms with Crippen LogP contribution in [0.2, 0.25) is 0 Å². The first-order chi connectivity index (χ1) is 15.3. The summed E-state index contributed by atoms with van der Waals surface area (Å²) >= 11 is 0. The summed E-state index contributed by atoms with van der Waals surface area (Å²) in [5.41, 5.74) is 0.786. The molecule has 0 aliphatic carbocycles. The topological polar surface area (TPSA) is 107 Å². The summed E-state index contributed by atoms with van der Waals surface area (Å²) < 4.78 is 57.4. The van der Waals surface area contributed by atoms with Crippen LogP contribution >= 0.6 is 0 Å². The highest BCUT2D eigenvalue weighted by atomic mass is 32.2. The minimum absolute atomic E-state index is 0.0114. The molecule has 1 atom stereocenters. The third-order valence-electron chi connectivity index (χ3n) is 5.42. The summed E-state index contributed by atoms with van der Waals surface area (Å²) in [6.07, 6.45) is 0. The molecule has 32 heavy (non-hydrogen) atoms. The highest BCUT2D eigenvalue weighted by Crippen LogP contribution is 2.42.